The van der Waals surface area contributed by atoms with Crippen molar-refractivity contribution < 1.29 is 9.53 Å². The molecule has 1 N–H and O–H groups in total. The van der Waals surface area contributed by atoms with Crippen molar-refractivity contribution in [1.82, 2.24) is 29.0 Å². The highest BCUT2D eigenvalue weighted by molar-refractivity contribution is 5.95. The number of H-pyrrole nitrogens is 1. The number of hydrogen-bond donors (Lipinski definition) is 1. The topological polar surface area (TPSA) is 91.1 Å². The molecule has 2 aliphatic rings. The molecule has 1 amide bonds. The fourth-order valence-electron chi connectivity index (χ4n) is 3.79. The quantitative estimate of drug-likeness (QED) is 0.712. The summed E-state index contributed by atoms with van der Waals surface area (Å²) in [4.78, 5) is 33.9. The van der Waals surface area contributed by atoms with Gasteiger partial charge >= 0.3 is 5.69 Å². The highest BCUT2D eigenvalue weighted by atomic mass is 16.5. The molecule has 0 saturated carbocycles. The van der Waals surface area contributed by atoms with Gasteiger partial charge in [0, 0.05) is 31.9 Å². The van der Waals surface area contributed by atoms with Crippen molar-refractivity contribution in [2.24, 2.45) is 7.05 Å². The number of aryl methyl sites for hydroxylation is 1. The minimum atomic E-state index is -0.197. The summed E-state index contributed by atoms with van der Waals surface area (Å²) in [5.41, 5.74) is 1.69. The second-order valence-electron chi connectivity index (χ2n) is 7.35. The lowest BCUT2D eigenvalue weighted by Crippen LogP contribution is -2.57. The lowest BCUT2D eigenvalue weighted by Gasteiger charge is -2.44. The molecule has 0 spiro atoms. The van der Waals surface area contributed by atoms with Crippen molar-refractivity contribution in [1.29, 1.82) is 0 Å². The maximum Gasteiger partial charge on any atom is 0.350 e. The predicted octanol–water partition coefficient (Wildman–Crippen LogP) is 0.583. The number of rotatable bonds is 3. The van der Waals surface area contributed by atoms with E-state index in [1.807, 2.05) is 40.9 Å². The van der Waals surface area contributed by atoms with Crippen LogP contribution >= 0.6 is 0 Å². The van der Waals surface area contributed by atoms with Gasteiger partial charge < -0.3 is 14.6 Å². The Bertz CT molecular complexity index is 1140. The van der Waals surface area contributed by atoms with E-state index in [0.29, 0.717) is 23.8 Å². The second kappa shape index (κ2) is 5.86. The molecule has 3 aromatic heterocycles. The van der Waals surface area contributed by atoms with E-state index in [0.717, 1.165) is 24.5 Å². The van der Waals surface area contributed by atoms with Crippen LogP contribution in [0.3, 0.4) is 0 Å². The molecule has 0 aliphatic carbocycles. The first-order valence-electron chi connectivity index (χ1n) is 9.10. The van der Waals surface area contributed by atoms with E-state index in [1.54, 1.807) is 19.3 Å². The van der Waals surface area contributed by atoms with Gasteiger partial charge in [-0.15, -0.1) is 0 Å². The molecule has 10 nitrogen and oxygen atoms in total. The number of ether oxygens (including phenoxy) is 1. The highest BCUT2D eigenvalue weighted by Gasteiger charge is 2.36. The zero-order chi connectivity index (χ0) is 19.6. The van der Waals surface area contributed by atoms with E-state index in [9.17, 15) is 9.59 Å². The average molecular weight is 383 g/mol. The highest BCUT2D eigenvalue weighted by Crippen LogP contribution is 2.39. The molecular weight excluding hydrogens is 362 g/mol. The molecule has 5 rings (SSSR count). The predicted molar refractivity (Wildman–Crippen MR) is 102 cm³/mol. The number of carbonyl (C=O) groups excluding carboxylic acids is 1. The summed E-state index contributed by atoms with van der Waals surface area (Å²) in [5, 5.41) is 4.22. The molecular formula is C18H21N7O3. The van der Waals surface area contributed by atoms with Crippen molar-refractivity contribution in [2.75, 3.05) is 32.3 Å². The SMILES string of the molecule is CN(C)C1CCN1C(=O)c1cc2c([nH]1)N(c1ccn3c(=O)n(C)nc3c1)CO2. The normalized spacial score (nSPS) is 18.5. The number of nitrogens with one attached hydrogen (secondary N) is 1. The van der Waals surface area contributed by atoms with Gasteiger partial charge in [-0.3, -0.25) is 19.0 Å². The standard InChI is InChI=1S/C18H21N7O3/c1-21(2)15-5-7-24(15)17(26)12-9-13-16(19-12)25(10-28-13)11-4-6-23-14(8-11)20-22(3)18(23)27/h4,6,8-9,15,19H,5,7,10H2,1-3H3. The van der Waals surface area contributed by atoms with Gasteiger partial charge in [0.2, 0.25) is 0 Å². The number of anilines is 2. The number of nitrogens with zero attached hydrogens (tertiary/aromatic N) is 6. The van der Waals surface area contributed by atoms with E-state index < -0.39 is 0 Å². The summed E-state index contributed by atoms with van der Waals surface area (Å²) >= 11 is 0. The van der Waals surface area contributed by atoms with Gasteiger partial charge in [0.1, 0.15) is 5.69 Å². The van der Waals surface area contributed by atoms with Crippen LogP contribution in [0.25, 0.3) is 5.65 Å². The first-order valence-corrected chi connectivity index (χ1v) is 9.10. The zero-order valence-corrected chi connectivity index (χ0v) is 15.9. The molecule has 3 aromatic rings. The van der Waals surface area contributed by atoms with E-state index in [-0.39, 0.29) is 17.8 Å². The summed E-state index contributed by atoms with van der Waals surface area (Å²) in [6, 6.07) is 5.40. The number of hydrogen-bond acceptors (Lipinski definition) is 6. The molecule has 28 heavy (non-hydrogen) atoms. The lowest BCUT2D eigenvalue weighted by atomic mass is 10.1. The molecule has 0 radical (unpaired) electrons. The number of carbonyl (C=O) groups is 1. The Morgan fingerprint density at radius 3 is 2.89 bits per heavy atom. The number of fused-ring (bicyclic) bond motifs is 2. The van der Waals surface area contributed by atoms with Crippen LogP contribution < -0.4 is 15.3 Å². The van der Waals surface area contributed by atoms with Gasteiger partial charge in [0.05, 0.1) is 11.9 Å². The molecule has 0 bridgehead atoms. The van der Waals surface area contributed by atoms with E-state index in [1.165, 1.54) is 9.08 Å². The van der Waals surface area contributed by atoms with Gasteiger partial charge in [-0.1, -0.05) is 0 Å². The number of likely N-dealkylation sites (tertiary alicyclic amines) is 1. The van der Waals surface area contributed by atoms with Crippen molar-refractivity contribution >= 4 is 23.1 Å². The molecule has 1 unspecified atom stereocenters. The van der Waals surface area contributed by atoms with Crippen molar-refractivity contribution in [3.63, 3.8) is 0 Å². The smallest absolute Gasteiger partial charge is 0.350 e. The van der Waals surface area contributed by atoms with E-state index in [2.05, 4.69) is 10.1 Å². The monoisotopic (exact) mass is 383 g/mol. The Morgan fingerprint density at radius 2 is 2.18 bits per heavy atom. The van der Waals surface area contributed by atoms with Gasteiger partial charge in [0.25, 0.3) is 5.91 Å². The Morgan fingerprint density at radius 1 is 1.36 bits per heavy atom. The van der Waals surface area contributed by atoms with Crippen LogP contribution in [0.2, 0.25) is 0 Å². The molecule has 10 heteroatoms. The van der Waals surface area contributed by atoms with Crippen molar-refractivity contribution in [3.05, 3.63) is 40.6 Å². The third-order valence-corrected chi connectivity index (χ3v) is 5.42. The molecule has 146 valence electrons. The third-order valence-electron chi connectivity index (χ3n) is 5.42. The Labute approximate surface area is 160 Å². The molecule has 0 aromatic carbocycles. The van der Waals surface area contributed by atoms with Gasteiger partial charge in [-0.2, -0.15) is 5.10 Å². The summed E-state index contributed by atoms with van der Waals surface area (Å²) < 4.78 is 8.54. The minimum absolute atomic E-state index is 0.0327. The molecule has 1 saturated heterocycles. The maximum atomic E-state index is 12.8. The minimum Gasteiger partial charge on any atom is -0.469 e. The van der Waals surface area contributed by atoms with Crippen molar-refractivity contribution in [3.8, 4) is 5.75 Å². The molecule has 5 heterocycles. The average Bonchev–Trinajstić information content (AvgIpc) is 3.26. The molecule has 2 aliphatic heterocycles. The van der Waals surface area contributed by atoms with Crippen molar-refractivity contribution in [2.45, 2.75) is 12.6 Å². The van der Waals surface area contributed by atoms with Crippen LogP contribution in [-0.4, -0.2) is 68.4 Å². The number of aromatic nitrogens is 4. The van der Waals surface area contributed by atoms with Crippen LogP contribution in [0.4, 0.5) is 11.5 Å². The van der Waals surface area contributed by atoms with E-state index in [4.69, 9.17) is 4.74 Å². The fraction of sp³-hybridized carbons (Fsp3) is 0.389. The van der Waals surface area contributed by atoms with Crippen LogP contribution in [-0.2, 0) is 7.05 Å². The third kappa shape index (κ3) is 2.34. The van der Waals surface area contributed by atoms with Crippen LogP contribution in [0.15, 0.2) is 29.2 Å². The molecule has 1 fully saturated rings. The van der Waals surface area contributed by atoms with Gasteiger partial charge in [-0.25, -0.2) is 9.48 Å². The summed E-state index contributed by atoms with van der Waals surface area (Å²) in [5.74, 6) is 1.34. The zero-order valence-electron chi connectivity index (χ0n) is 15.9. The Kier molecular flexibility index (Phi) is 3.53. The Hall–Kier alpha value is -3.27. The first-order chi connectivity index (χ1) is 13.4. The summed E-state index contributed by atoms with van der Waals surface area (Å²) in [7, 11) is 5.57. The van der Waals surface area contributed by atoms with Crippen LogP contribution in [0, 0.1) is 0 Å². The molecule has 1 atom stereocenters. The van der Waals surface area contributed by atoms with Gasteiger partial charge in [0.15, 0.2) is 23.9 Å². The lowest BCUT2D eigenvalue weighted by molar-refractivity contribution is 0.000483. The number of amides is 1. The number of aromatic amines is 1. The van der Waals surface area contributed by atoms with Gasteiger partial charge in [-0.05, 0) is 26.6 Å². The largest absolute Gasteiger partial charge is 0.469 e. The fourth-order valence-corrected chi connectivity index (χ4v) is 3.79. The maximum absolute atomic E-state index is 12.8. The number of pyridine rings is 1. The van der Waals surface area contributed by atoms with Crippen LogP contribution in [0.5, 0.6) is 5.75 Å². The second-order valence-corrected chi connectivity index (χ2v) is 7.35. The summed E-state index contributed by atoms with van der Waals surface area (Å²) in [6.07, 6.45) is 2.80. The Balaban J connectivity index is 1.45. The van der Waals surface area contributed by atoms with Crippen LogP contribution in [0.1, 0.15) is 16.9 Å². The van der Waals surface area contributed by atoms with E-state index >= 15 is 0 Å². The summed E-state index contributed by atoms with van der Waals surface area (Å²) in [6.45, 7) is 1.08. The first kappa shape index (κ1) is 16.9.